The summed E-state index contributed by atoms with van der Waals surface area (Å²) >= 11 is 11.4. The summed E-state index contributed by atoms with van der Waals surface area (Å²) < 4.78 is 44.3. The zero-order valence-corrected chi connectivity index (χ0v) is 25.5. The summed E-state index contributed by atoms with van der Waals surface area (Å²) in [6.45, 7) is 3.14. The summed E-state index contributed by atoms with van der Waals surface area (Å²) in [4.78, 5) is 38.7. The normalized spacial score (nSPS) is 23.2. The van der Waals surface area contributed by atoms with Crippen LogP contribution in [0.3, 0.4) is 0 Å². The van der Waals surface area contributed by atoms with E-state index in [1.54, 1.807) is 0 Å². The molecule has 3 aliphatic rings. The van der Waals surface area contributed by atoms with Gasteiger partial charge in [0.15, 0.2) is 13.2 Å². The molecular formula is C30H35Cl2F2N3O6. The van der Waals surface area contributed by atoms with Crippen molar-refractivity contribution in [1.82, 2.24) is 16.0 Å². The van der Waals surface area contributed by atoms with E-state index >= 15 is 0 Å². The fourth-order valence-corrected chi connectivity index (χ4v) is 5.97. The minimum absolute atomic E-state index is 0.0553. The molecule has 3 saturated carbocycles. The van der Waals surface area contributed by atoms with E-state index in [-0.39, 0.29) is 47.2 Å². The van der Waals surface area contributed by atoms with Crippen LogP contribution in [0.5, 0.6) is 11.5 Å². The van der Waals surface area contributed by atoms with Crippen molar-refractivity contribution in [2.75, 3.05) is 13.2 Å². The Labute approximate surface area is 258 Å². The molecule has 3 N–H and O–H groups in total. The van der Waals surface area contributed by atoms with Gasteiger partial charge in [-0.2, -0.15) is 0 Å². The van der Waals surface area contributed by atoms with Gasteiger partial charge >= 0.3 is 6.09 Å². The monoisotopic (exact) mass is 641 g/mol. The molecule has 43 heavy (non-hydrogen) atoms. The van der Waals surface area contributed by atoms with E-state index < -0.39 is 46.7 Å². The van der Waals surface area contributed by atoms with Crippen LogP contribution >= 0.6 is 23.2 Å². The number of hydrogen-bond acceptors (Lipinski definition) is 6. The summed E-state index contributed by atoms with van der Waals surface area (Å²) in [7, 11) is 0. The molecule has 13 heteroatoms. The molecule has 9 nitrogen and oxygen atoms in total. The van der Waals surface area contributed by atoms with Gasteiger partial charge in [-0.3, -0.25) is 9.59 Å². The van der Waals surface area contributed by atoms with E-state index in [0.717, 1.165) is 25.0 Å². The van der Waals surface area contributed by atoms with E-state index in [9.17, 15) is 23.2 Å². The first kappa shape index (κ1) is 32.6. The highest BCUT2D eigenvalue weighted by Crippen LogP contribution is 2.48. The molecule has 0 aliphatic heterocycles. The molecule has 3 fully saturated rings. The van der Waals surface area contributed by atoms with Gasteiger partial charge in [-0.05, 0) is 63.3 Å². The van der Waals surface area contributed by atoms with Crippen molar-refractivity contribution in [2.45, 2.75) is 82.0 Å². The fraction of sp³-hybridized carbons (Fsp3) is 0.500. The first-order valence-corrected chi connectivity index (χ1v) is 14.9. The smallest absolute Gasteiger partial charge is 0.407 e. The maximum Gasteiger partial charge on any atom is 0.407 e. The van der Waals surface area contributed by atoms with Gasteiger partial charge in [-0.25, -0.2) is 13.6 Å². The quantitative estimate of drug-likeness (QED) is 0.274. The van der Waals surface area contributed by atoms with Crippen LogP contribution in [0.25, 0.3) is 0 Å². The van der Waals surface area contributed by atoms with Gasteiger partial charge in [0.25, 0.3) is 11.8 Å². The molecule has 0 heterocycles. The SMILES string of the molecule is CCC[C@@H](C)NC(=O)O[C@H]1CC2(NC(=O)COc3ccc(Cl)c(F)c3)CCC1(NC(=O)COc1ccc(Cl)c(F)c1)CC2. The standard InChI is InChI=1S/C30H35Cl2F2N3O6/c1-3-4-18(2)35-28(40)43-25-15-29(36-26(38)16-41-19-5-7-21(31)23(33)13-19)9-11-30(25,12-10-29)37-27(39)17-42-20-6-8-22(32)24(34)14-20/h5-8,13-14,18,25H,3-4,9-12,15-17H2,1-2H3,(H,35,40)(H,36,38)(H,37,39)/t18-,25+,29?,30?/m1/s1. The highest BCUT2D eigenvalue weighted by Gasteiger charge is 2.57. The van der Waals surface area contributed by atoms with Gasteiger partial charge < -0.3 is 30.2 Å². The molecule has 0 spiro atoms. The molecule has 2 aromatic carbocycles. The van der Waals surface area contributed by atoms with Crippen molar-refractivity contribution in [3.63, 3.8) is 0 Å². The number of carbonyl (C=O) groups excluding carboxylic acids is 3. The van der Waals surface area contributed by atoms with Crippen LogP contribution in [0.4, 0.5) is 13.6 Å². The van der Waals surface area contributed by atoms with Crippen molar-refractivity contribution >= 4 is 41.1 Å². The summed E-state index contributed by atoms with van der Waals surface area (Å²) in [6, 6.07) is 7.67. The largest absolute Gasteiger partial charge is 0.484 e. The average molecular weight is 643 g/mol. The topological polar surface area (TPSA) is 115 Å². The third-order valence-corrected chi connectivity index (χ3v) is 8.56. The molecule has 3 aliphatic carbocycles. The zero-order valence-electron chi connectivity index (χ0n) is 23.9. The molecular weight excluding hydrogens is 607 g/mol. The van der Waals surface area contributed by atoms with Crippen molar-refractivity contribution in [2.24, 2.45) is 0 Å². The number of alkyl carbamates (subject to hydrolysis) is 1. The van der Waals surface area contributed by atoms with Gasteiger partial charge in [-0.15, -0.1) is 0 Å². The minimum Gasteiger partial charge on any atom is -0.484 e. The van der Waals surface area contributed by atoms with E-state index in [1.165, 1.54) is 24.3 Å². The lowest BCUT2D eigenvalue weighted by Gasteiger charge is -2.57. The highest BCUT2D eigenvalue weighted by molar-refractivity contribution is 6.31. The Kier molecular flexibility index (Phi) is 10.6. The molecule has 234 valence electrons. The Morgan fingerprint density at radius 1 is 0.907 bits per heavy atom. The lowest BCUT2D eigenvalue weighted by atomic mass is 9.59. The molecule has 0 saturated heterocycles. The van der Waals surface area contributed by atoms with Crippen molar-refractivity contribution < 1.29 is 37.4 Å². The number of fused-ring (bicyclic) bond motifs is 3. The first-order chi connectivity index (χ1) is 20.4. The second kappa shape index (κ2) is 14.0. The van der Waals surface area contributed by atoms with Crippen LogP contribution in [0.1, 0.15) is 58.8 Å². The van der Waals surface area contributed by atoms with Gasteiger partial charge in [0, 0.05) is 30.1 Å². The Morgan fingerprint density at radius 3 is 1.95 bits per heavy atom. The number of hydrogen-bond donors (Lipinski definition) is 3. The van der Waals surface area contributed by atoms with E-state index in [2.05, 4.69) is 16.0 Å². The number of benzene rings is 2. The third kappa shape index (κ3) is 8.41. The summed E-state index contributed by atoms with van der Waals surface area (Å²) in [6.07, 6.45) is 2.37. The Balaban J connectivity index is 1.42. The Morgan fingerprint density at radius 2 is 1.44 bits per heavy atom. The molecule has 0 aromatic heterocycles. The van der Waals surface area contributed by atoms with Gasteiger partial charge in [0.1, 0.15) is 29.2 Å². The summed E-state index contributed by atoms with van der Waals surface area (Å²) in [5.41, 5.74) is -1.59. The maximum atomic E-state index is 13.8. The molecule has 0 radical (unpaired) electrons. The average Bonchev–Trinajstić information content (AvgIpc) is 2.95. The molecule has 2 bridgehead atoms. The van der Waals surface area contributed by atoms with Crippen LogP contribution in [0.15, 0.2) is 36.4 Å². The van der Waals surface area contributed by atoms with Crippen LogP contribution in [0, 0.1) is 11.6 Å². The predicted molar refractivity (Wildman–Crippen MR) is 156 cm³/mol. The van der Waals surface area contributed by atoms with Gasteiger partial charge in [0.2, 0.25) is 0 Å². The van der Waals surface area contributed by atoms with E-state index in [4.69, 9.17) is 37.4 Å². The fourth-order valence-electron chi connectivity index (χ4n) is 5.73. The lowest BCUT2D eigenvalue weighted by Crippen LogP contribution is -2.71. The second-order valence-corrected chi connectivity index (χ2v) is 12.0. The number of rotatable bonds is 12. The van der Waals surface area contributed by atoms with Crippen LogP contribution in [-0.2, 0) is 14.3 Å². The first-order valence-electron chi connectivity index (χ1n) is 14.2. The molecule has 0 unspecified atom stereocenters. The summed E-state index contributed by atoms with van der Waals surface area (Å²) in [5.74, 6) is -1.91. The van der Waals surface area contributed by atoms with E-state index in [1.807, 2.05) is 13.8 Å². The lowest BCUT2D eigenvalue weighted by molar-refractivity contribution is -0.137. The minimum atomic E-state index is -0.888. The summed E-state index contributed by atoms with van der Waals surface area (Å²) in [5, 5.41) is 8.74. The van der Waals surface area contributed by atoms with Crippen LogP contribution in [-0.4, -0.2) is 54.3 Å². The van der Waals surface area contributed by atoms with Crippen molar-refractivity contribution in [1.29, 1.82) is 0 Å². The van der Waals surface area contributed by atoms with Crippen molar-refractivity contribution in [3.05, 3.63) is 58.1 Å². The molecule has 2 atom stereocenters. The molecule has 3 amide bonds. The number of nitrogens with one attached hydrogen (secondary N) is 3. The number of amides is 3. The number of halogens is 4. The highest BCUT2D eigenvalue weighted by atomic mass is 35.5. The molecule has 5 rings (SSSR count). The van der Waals surface area contributed by atoms with Crippen molar-refractivity contribution in [3.8, 4) is 11.5 Å². The number of ether oxygens (including phenoxy) is 3. The predicted octanol–water partition coefficient (Wildman–Crippen LogP) is 5.70. The molecule has 2 aromatic rings. The zero-order chi connectivity index (χ0) is 31.2. The third-order valence-electron chi connectivity index (χ3n) is 7.94. The van der Waals surface area contributed by atoms with Gasteiger partial charge in [0.05, 0.1) is 15.6 Å². The van der Waals surface area contributed by atoms with E-state index in [0.29, 0.717) is 25.7 Å². The Bertz CT molecular complexity index is 1340. The van der Waals surface area contributed by atoms with Crippen LogP contribution in [0.2, 0.25) is 10.0 Å². The Hall–Kier alpha value is -3.31. The number of carbonyl (C=O) groups is 3. The van der Waals surface area contributed by atoms with Crippen LogP contribution < -0.4 is 25.4 Å². The second-order valence-electron chi connectivity index (χ2n) is 11.2. The maximum absolute atomic E-state index is 13.8. The van der Waals surface area contributed by atoms with Gasteiger partial charge in [-0.1, -0.05) is 36.5 Å².